The maximum Gasteiger partial charge on any atom is 0.270 e. The van der Waals surface area contributed by atoms with E-state index >= 15 is 0 Å². The minimum absolute atomic E-state index is 0.0157. The van der Waals surface area contributed by atoms with Gasteiger partial charge >= 0.3 is 0 Å². The number of halogens is 1. The van der Waals surface area contributed by atoms with Gasteiger partial charge in [0.15, 0.2) is 5.11 Å². The number of nitrogens with one attached hydrogen (secondary N) is 1. The monoisotopic (exact) mass is 491 g/mol. The molecule has 8 nitrogen and oxygen atoms in total. The van der Waals surface area contributed by atoms with Crippen LogP contribution in [0.5, 0.6) is 5.75 Å². The average Bonchev–Trinajstić information content (AvgIpc) is 3.12. The quantitative estimate of drug-likeness (QED) is 0.399. The Labute approximate surface area is 186 Å². The lowest BCUT2D eigenvalue weighted by Crippen LogP contribution is -2.54. The smallest absolute Gasteiger partial charge is 0.270 e. The number of furan rings is 1. The van der Waals surface area contributed by atoms with Crippen molar-refractivity contribution in [2.45, 2.75) is 0 Å². The fourth-order valence-electron chi connectivity index (χ4n) is 3.20. The van der Waals surface area contributed by atoms with Crippen LogP contribution in [0.2, 0.25) is 0 Å². The maximum atomic E-state index is 13.1. The van der Waals surface area contributed by atoms with Gasteiger partial charge in [-0.25, -0.2) is 0 Å². The Morgan fingerprint density at radius 3 is 2.57 bits per heavy atom. The molecule has 0 atom stereocenters. The van der Waals surface area contributed by atoms with Crippen molar-refractivity contribution in [2.75, 3.05) is 43.2 Å². The molecule has 2 saturated heterocycles. The summed E-state index contributed by atoms with van der Waals surface area (Å²) in [5, 5.41) is 2.58. The van der Waals surface area contributed by atoms with Crippen LogP contribution in [0, 0.1) is 0 Å². The van der Waals surface area contributed by atoms with Gasteiger partial charge in [0.1, 0.15) is 17.1 Å². The minimum Gasteiger partial charge on any atom is -0.497 e. The number of anilines is 2. The summed E-state index contributed by atoms with van der Waals surface area (Å²) in [6.07, 6.45) is 1.42. The van der Waals surface area contributed by atoms with E-state index in [-0.39, 0.29) is 10.7 Å². The minimum atomic E-state index is -0.574. The molecule has 1 aromatic heterocycles. The van der Waals surface area contributed by atoms with Crippen molar-refractivity contribution in [1.82, 2.24) is 5.32 Å². The van der Waals surface area contributed by atoms with E-state index < -0.39 is 11.8 Å². The zero-order valence-corrected chi connectivity index (χ0v) is 18.4. The summed E-state index contributed by atoms with van der Waals surface area (Å²) in [5.74, 6) is 0.551. The van der Waals surface area contributed by atoms with E-state index in [2.05, 4.69) is 21.2 Å². The third-order valence-corrected chi connectivity index (χ3v) is 5.56. The Hall–Kier alpha value is -2.69. The molecule has 2 aliphatic heterocycles. The number of morpholine rings is 1. The summed E-state index contributed by atoms with van der Waals surface area (Å²) in [6.45, 7) is 2.61. The SMILES string of the molecule is COc1ccc(N2C(=O)/C(=C/c3cc(Br)c(N4CCOCC4)o3)C(=O)NC2=S)cc1. The normalized spacial score (nSPS) is 18.7. The van der Waals surface area contributed by atoms with Crippen LogP contribution in [0.15, 0.2) is 44.8 Å². The second kappa shape index (κ2) is 8.58. The zero-order chi connectivity index (χ0) is 21.3. The first kappa shape index (κ1) is 20.6. The third kappa shape index (κ3) is 3.98. The average molecular weight is 492 g/mol. The molecule has 0 unspecified atom stereocenters. The van der Waals surface area contributed by atoms with Gasteiger partial charge in [-0.15, -0.1) is 0 Å². The molecule has 4 rings (SSSR count). The van der Waals surface area contributed by atoms with E-state index in [0.29, 0.717) is 49.4 Å². The summed E-state index contributed by atoms with van der Waals surface area (Å²) >= 11 is 8.70. The lowest BCUT2D eigenvalue weighted by molar-refractivity contribution is -0.122. The van der Waals surface area contributed by atoms with Gasteiger partial charge < -0.3 is 18.8 Å². The summed E-state index contributed by atoms with van der Waals surface area (Å²) in [4.78, 5) is 28.9. The molecule has 10 heteroatoms. The molecule has 2 amide bonds. The number of benzene rings is 1. The highest BCUT2D eigenvalue weighted by atomic mass is 79.9. The summed E-state index contributed by atoms with van der Waals surface area (Å²) < 4.78 is 17.1. The number of thiocarbonyl (C=S) groups is 1. The van der Waals surface area contributed by atoms with Crippen LogP contribution in [0.25, 0.3) is 6.08 Å². The van der Waals surface area contributed by atoms with E-state index in [1.807, 2.05) is 4.90 Å². The zero-order valence-electron chi connectivity index (χ0n) is 16.0. The van der Waals surface area contributed by atoms with E-state index in [9.17, 15) is 9.59 Å². The predicted molar refractivity (Wildman–Crippen MR) is 119 cm³/mol. The van der Waals surface area contributed by atoms with E-state index in [4.69, 9.17) is 26.1 Å². The van der Waals surface area contributed by atoms with Gasteiger partial charge in [-0.2, -0.15) is 0 Å². The molecule has 2 aromatic rings. The first-order valence-electron chi connectivity index (χ1n) is 9.15. The number of carbonyl (C=O) groups is 2. The van der Waals surface area contributed by atoms with Crippen molar-refractivity contribution in [3.63, 3.8) is 0 Å². The molecule has 0 aliphatic carbocycles. The molecule has 0 saturated carbocycles. The van der Waals surface area contributed by atoms with Crippen molar-refractivity contribution in [3.05, 3.63) is 46.1 Å². The number of hydrogen-bond acceptors (Lipinski definition) is 7. The maximum absolute atomic E-state index is 13.1. The van der Waals surface area contributed by atoms with Gasteiger partial charge in [0.05, 0.1) is 30.5 Å². The van der Waals surface area contributed by atoms with Crippen molar-refractivity contribution >= 4 is 62.7 Å². The number of hydrogen-bond donors (Lipinski definition) is 1. The molecule has 0 spiro atoms. The molecular weight excluding hydrogens is 474 g/mol. The molecule has 1 N–H and O–H groups in total. The molecule has 2 fully saturated rings. The second-order valence-corrected chi connectivity index (χ2v) is 7.80. The van der Waals surface area contributed by atoms with Crippen molar-refractivity contribution in [1.29, 1.82) is 0 Å². The van der Waals surface area contributed by atoms with E-state index in [0.717, 1.165) is 4.47 Å². The fraction of sp³-hybridized carbons (Fsp3) is 0.250. The number of nitrogens with zero attached hydrogens (tertiary/aromatic N) is 2. The van der Waals surface area contributed by atoms with Crippen LogP contribution in [0.3, 0.4) is 0 Å². The van der Waals surface area contributed by atoms with Crippen LogP contribution >= 0.6 is 28.1 Å². The van der Waals surface area contributed by atoms with Crippen LogP contribution in [-0.2, 0) is 14.3 Å². The molecule has 0 radical (unpaired) electrons. The fourth-order valence-corrected chi connectivity index (χ4v) is 4.03. The molecular formula is C20H18BrN3O5S. The number of ether oxygens (including phenoxy) is 2. The Morgan fingerprint density at radius 1 is 1.20 bits per heavy atom. The van der Waals surface area contributed by atoms with Crippen LogP contribution in [-0.4, -0.2) is 50.3 Å². The molecule has 156 valence electrons. The van der Waals surface area contributed by atoms with Gasteiger partial charge in [-0.3, -0.25) is 19.8 Å². The van der Waals surface area contributed by atoms with Gasteiger partial charge in [-0.05, 0) is 58.5 Å². The number of rotatable bonds is 4. The molecule has 3 heterocycles. The summed E-state index contributed by atoms with van der Waals surface area (Å²) in [7, 11) is 1.55. The second-order valence-electron chi connectivity index (χ2n) is 6.56. The Bertz CT molecular complexity index is 1030. The highest BCUT2D eigenvalue weighted by molar-refractivity contribution is 9.10. The van der Waals surface area contributed by atoms with Crippen molar-refractivity contribution in [3.8, 4) is 5.75 Å². The highest BCUT2D eigenvalue weighted by Gasteiger charge is 2.35. The van der Waals surface area contributed by atoms with Gasteiger partial charge in [0.25, 0.3) is 11.8 Å². The largest absolute Gasteiger partial charge is 0.497 e. The standard InChI is InChI=1S/C20H18BrN3O5S/c1-27-13-4-2-12(3-5-13)24-18(26)15(17(25)22-20(24)30)10-14-11-16(21)19(29-14)23-6-8-28-9-7-23/h2-5,10-11H,6-9H2,1H3,(H,22,25,30)/b15-10+. The lowest BCUT2D eigenvalue weighted by atomic mass is 10.1. The van der Waals surface area contributed by atoms with E-state index in [1.54, 1.807) is 37.4 Å². The third-order valence-electron chi connectivity index (χ3n) is 4.71. The summed E-state index contributed by atoms with van der Waals surface area (Å²) in [5.41, 5.74) is 0.445. The molecule has 0 bridgehead atoms. The van der Waals surface area contributed by atoms with Gasteiger partial charge in [0.2, 0.25) is 5.88 Å². The predicted octanol–water partition coefficient (Wildman–Crippen LogP) is 2.72. The molecule has 30 heavy (non-hydrogen) atoms. The first-order chi connectivity index (χ1) is 14.5. The van der Waals surface area contributed by atoms with Gasteiger partial charge in [-0.1, -0.05) is 0 Å². The molecule has 1 aromatic carbocycles. The Kier molecular flexibility index (Phi) is 5.89. The first-order valence-corrected chi connectivity index (χ1v) is 10.4. The van der Waals surface area contributed by atoms with Crippen LogP contribution in [0.4, 0.5) is 11.6 Å². The van der Waals surface area contributed by atoms with Crippen LogP contribution < -0.4 is 19.9 Å². The van der Waals surface area contributed by atoms with Crippen molar-refractivity contribution < 1.29 is 23.5 Å². The topological polar surface area (TPSA) is 84.2 Å². The lowest BCUT2D eigenvalue weighted by Gasteiger charge is -2.28. The number of carbonyl (C=O) groups excluding carboxylic acids is 2. The highest BCUT2D eigenvalue weighted by Crippen LogP contribution is 2.32. The van der Waals surface area contributed by atoms with E-state index in [1.165, 1.54) is 11.0 Å². The summed E-state index contributed by atoms with van der Waals surface area (Å²) in [6, 6.07) is 8.53. The Morgan fingerprint density at radius 2 is 1.90 bits per heavy atom. The number of methoxy groups -OCH3 is 1. The number of amides is 2. The van der Waals surface area contributed by atoms with Crippen LogP contribution in [0.1, 0.15) is 5.76 Å². The van der Waals surface area contributed by atoms with Gasteiger partial charge in [0, 0.05) is 19.2 Å². The Balaban J connectivity index is 1.64. The van der Waals surface area contributed by atoms with Crippen molar-refractivity contribution in [2.24, 2.45) is 0 Å². The molecule has 2 aliphatic rings.